The average molecular weight is 312 g/mol. The molecule has 122 valence electrons. The van der Waals surface area contributed by atoms with Crippen LogP contribution in [-0.4, -0.2) is 24.2 Å². The Morgan fingerprint density at radius 3 is 2.61 bits per heavy atom. The molecule has 0 aliphatic heterocycles. The van der Waals surface area contributed by atoms with Crippen LogP contribution >= 0.6 is 0 Å². The zero-order valence-corrected chi connectivity index (χ0v) is 13.9. The Kier molecular flexibility index (Phi) is 5.77. The first-order chi connectivity index (χ1) is 11.0. The van der Waals surface area contributed by atoms with E-state index < -0.39 is 0 Å². The lowest BCUT2D eigenvalue weighted by Crippen LogP contribution is -2.27. The van der Waals surface area contributed by atoms with Crippen molar-refractivity contribution in [2.45, 2.75) is 27.3 Å². The minimum Gasteiger partial charge on any atom is -0.395 e. The van der Waals surface area contributed by atoms with Crippen LogP contribution in [0.25, 0.3) is 0 Å². The van der Waals surface area contributed by atoms with Crippen molar-refractivity contribution < 1.29 is 9.90 Å². The number of hydrogen-bond acceptors (Lipinski definition) is 3. The molecule has 2 aromatic rings. The van der Waals surface area contributed by atoms with Crippen LogP contribution in [0.4, 0.5) is 5.69 Å². The van der Waals surface area contributed by atoms with Gasteiger partial charge in [0.25, 0.3) is 5.91 Å². The lowest BCUT2D eigenvalue weighted by Gasteiger charge is -2.14. The van der Waals surface area contributed by atoms with Gasteiger partial charge in [-0.25, -0.2) is 0 Å². The zero-order valence-electron chi connectivity index (χ0n) is 13.9. The maximum Gasteiger partial charge on any atom is 0.251 e. The Bertz CT molecular complexity index is 696. The van der Waals surface area contributed by atoms with Crippen molar-refractivity contribution in [1.82, 2.24) is 5.32 Å². The molecule has 0 unspecified atom stereocenters. The van der Waals surface area contributed by atoms with Crippen molar-refractivity contribution in [3.05, 3.63) is 64.2 Å². The SMILES string of the molecule is Cc1ccc(CNc2cccc(C(=O)NCCO)c2C)c(C)c1. The third kappa shape index (κ3) is 4.33. The molecule has 0 spiro atoms. The highest BCUT2D eigenvalue weighted by atomic mass is 16.3. The highest BCUT2D eigenvalue weighted by Crippen LogP contribution is 2.20. The number of aryl methyl sites for hydroxylation is 2. The van der Waals surface area contributed by atoms with E-state index in [1.54, 1.807) is 6.07 Å². The number of aliphatic hydroxyl groups excluding tert-OH is 1. The second-order valence-electron chi connectivity index (χ2n) is 5.74. The third-order valence-electron chi connectivity index (χ3n) is 3.94. The molecule has 4 nitrogen and oxygen atoms in total. The van der Waals surface area contributed by atoms with Gasteiger partial charge in [-0.3, -0.25) is 4.79 Å². The van der Waals surface area contributed by atoms with Crippen LogP contribution in [0.15, 0.2) is 36.4 Å². The van der Waals surface area contributed by atoms with Gasteiger partial charge in [-0.2, -0.15) is 0 Å². The maximum atomic E-state index is 12.1. The van der Waals surface area contributed by atoms with Gasteiger partial charge in [0.15, 0.2) is 0 Å². The lowest BCUT2D eigenvalue weighted by molar-refractivity contribution is 0.0944. The normalized spacial score (nSPS) is 10.4. The van der Waals surface area contributed by atoms with Crippen molar-refractivity contribution in [3.63, 3.8) is 0 Å². The first kappa shape index (κ1) is 17.0. The van der Waals surface area contributed by atoms with E-state index in [-0.39, 0.29) is 19.1 Å². The van der Waals surface area contributed by atoms with Crippen molar-refractivity contribution >= 4 is 11.6 Å². The summed E-state index contributed by atoms with van der Waals surface area (Å²) in [7, 11) is 0. The van der Waals surface area contributed by atoms with Crippen molar-refractivity contribution in [1.29, 1.82) is 0 Å². The molecule has 0 fully saturated rings. The number of carbonyl (C=O) groups is 1. The standard InChI is InChI=1S/C19H24N2O2/c1-13-7-8-16(14(2)11-13)12-21-18-6-4-5-17(15(18)3)19(23)20-9-10-22/h4-8,11,21-22H,9-10,12H2,1-3H3,(H,20,23). The van der Waals surface area contributed by atoms with E-state index in [4.69, 9.17) is 5.11 Å². The first-order valence-corrected chi connectivity index (χ1v) is 7.81. The average Bonchev–Trinajstić information content (AvgIpc) is 2.53. The number of hydrogen-bond donors (Lipinski definition) is 3. The molecular weight excluding hydrogens is 288 g/mol. The van der Waals surface area contributed by atoms with Gasteiger partial charge < -0.3 is 15.7 Å². The minimum atomic E-state index is -0.160. The Balaban J connectivity index is 2.13. The quantitative estimate of drug-likeness (QED) is 0.768. The van der Waals surface area contributed by atoms with E-state index in [1.165, 1.54) is 16.7 Å². The fraction of sp³-hybridized carbons (Fsp3) is 0.316. The van der Waals surface area contributed by atoms with Crippen LogP contribution in [0.3, 0.4) is 0 Å². The second-order valence-corrected chi connectivity index (χ2v) is 5.74. The molecule has 0 radical (unpaired) electrons. The topological polar surface area (TPSA) is 61.4 Å². The number of anilines is 1. The van der Waals surface area contributed by atoms with E-state index in [9.17, 15) is 4.79 Å². The van der Waals surface area contributed by atoms with Gasteiger partial charge in [0.1, 0.15) is 0 Å². The predicted octanol–water partition coefficient (Wildman–Crippen LogP) is 2.95. The summed E-state index contributed by atoms with van der Waals surface area (Å²) in [6, 6.07) is 12.0. The molecule has 3 N–H and O–H groups in total. The molecule has 1 amide bonds. The highest BCUT2D eigenvalue weighted by Gasteiger charge is 2.11. The maximum absolute atomic E-state index is 12.1. The summed E-state index contributed by atoms with van der Waals surface area (Å²) in [4.78, 5) is 12.1. The molecule has 23 heavy (non-hydrogen) atoms. The zero-order chi connectivity index (χ0) is 16.8. The van der Waals surface area contributed by atoms with Gasteiger partial charge in [0.2, 0.25) is 0 Å². The van der Waals surface area contributed by atoms with Gasteiger partial charge in [-0.05, 0) is 49.6 Å². The summed E-state index contributed by atoms with van der Waals surface area (Å²) in [5, 5.41) is 14.9. The van der Waals surface area contributed by atoms with Crippen LogP contribution in [0.5, 0.6) is 0 Å². The fourth-order valence-electron chi connectivity index (χ4n) is 2.57. The van der Waals surface area contributed by atoms with Crippen LogP contribution in [0.1, 0.15) is 32.6 Å². The van der Waals surface area contributed by atoms with Gasteiger partial charge in [0, 0.05) is 24.3 Å². The smallest absolute Gasteiger partial charge is 0.251 e. The Morgan fingerprint density at radius 2 is 1.91 bits per heavy atom. The summed E-state index contributed by atoms with van der Waals surface area (Å²) in [5.41, 5.74) is 6.24. The van der Waals surface area contributed by atoms with Crippen molar-refractivity contribution in [3.8, 4) is 0 Å². The van der Waals surface area contributed by atoms with Gasteiger partial charge in [0.05, 0.1) is 6.61 Å². The number of rotatable bonds is 6. The number of carbonyl (C=O) groups excluding carboxylic acids is 1. The molecule has 4 heteroatoms. The molecule has 0 atom stereocenters. The van der Waals surface area contributed by atoms with E-state index in [1.807, 2.05) is 19.1 Å². The van der Waals surface area contributed by atoms with E-state index in [2.05, 4.69) is 42.7 Å². The largest absolute Gasteiger partial charge is 0.395 e. The molecule has 0 heterocycles. The van der Waals surface area contributed by atoms with Crippen molar-refractivity contribution in [2.24, 2.45) is 0 Å². The number of aliphatic hydroxyl groups is 1. The second kappa shape index (κ2) is 7.79. The first-order valence-electron chi connectivity index (χ1n) is 7.81. The summed E-state index contributed by atoms with van der Waals surface area (Å²) in [6.45, 7) is 7.04. The predicted molar refractivity (Wildman–Crippen MR) is 93.8 cm³/mol. The van der Waals surface area contributed by atoms with Gasteiger partial charge in [-0.1, -0.05) is 29.8 Å². The van der Waals surface area contributed by atoms with Crippen molar-refractivity contribution in [2.75, 3.05) is 18.5 Å². The summed E-state index contributed by atoms with van der Waals surface area (Å²) in [6.07, 6.45) is 0. The molecule has 0 saturated heterocycles. The Labute approximate surface area is 137 Å². The third-order valence-corrected chi connectivity index (χ3v) is 3.94. The van der Waals surface area contributed by atoms with E-state index >= 15 is 0 Å². The Hall–Kier alpha value is -2.33. The van der Waals surface area contributed by atoms with Gasteiger partial charge >= 0.3 is 0 Å². The summed E-state index contributed by atoms with van der Waals surface area (Å²) < 4.78 is 0. The molecule has 0 bridgehead atoms. The molecule has 2 aromatic carbocycles. The number of benzene rings is 2. The number of amides is 1. The lowest BCUT2D eigenvalue weighted by atomic mass is 10.0. The van der Waals surface area contributed by atoms with Crippen LogP contribution < -0.4 is 10.6 Å². The van der Waals surface area contributed by atoms with Crippen LogP contribution in [0.2, 0.25) is 0 Å². The molecule has 0 saturated carbocycles. The molecule has 0 aliphatic rings. The van der Waals surface area contributed by atoms with Gasteiger partial charge in [-0.15, -0.1) is 0 Å². The monoisotopic (exact) mass is 312 g/mol. The minimum absolute atomic E-state index is 0.0601. The Morgan fingerprint density at radius 1 is 1.13 bits per heavy atom. The molecular formula is C19H24N2O2. The molecule has 2 rings (SSSR count). The summed E-state index contributed by atoms with van der Waals surface area (Å²) in [5.74, 6) is -0.160. The van der Waals surface area contributed by atoms with Crippen LogP contribution in [0, 0.1) is 20.8 Å². The molecule has 0 aliphatic carbocycles. The van der Waals surface area contributed by atoms with Crippen LogP contribution in [-0.2, 0) is 6.54 Å². The molecule has 0 aromatic heterocycles. The van der Waals surface area contributed by atoms with E-state index in [0.29, 0.717) is 12.1 Å². The summed E-state index contributed by atoms with van der Waals surface area (Å²) >= 11 is 0. The van der Waals surface area contributed by atoms with E-state index in [0.717, 1.165) is 11.3 Å². The number of nitrogens with one attached hydrogen (secondary N) is 2. The fourth-order valence-corrected chi connectivity index (χ4v) is 2.57. The highest BCUT2D eigenvalue weighted by molar-refractivity contribution is 5.97.